The molecule has 0 aromatic heterocycles. The van der Waals surface area contributed by atoms with Crippen molar-refractivity contribution in [1.29, 1.82) is 0 Å². The Balaban J connectivity index is 1.57. The van der Waals surface area contributed by atoms with Crippen molar-refractivity contribution in [2.24, 2.45) is 0 Å². The predicted molar refractivity (Wildman–Crippen MR) is 91.0 cm³/mol. The molecule has 2 atom stereocenters. The van der Waals surface area contributed by atoms with Crippen LogP contribution in [-0.4, -0.2) is 51.7 Å². The van der Waals surface area contributed by atoms with Crippen LogP contribution in [0.5, 0.6) is 5.75 Å². The molecule has 0 saturated carbocycles. The van der Waals surface area contributed by atoms with E-state index >= 15 is 0 Å². The molecule has 1 aromatic carbocycles. The first-order valence-corrected chi connectivity index (χ1v) is 8.86. The third-order valence-electron chi connectivity index (χ3n) is 3.60. The Morgan fingerprint density at radius 3 is 2.64 bits per heavy atom. The summed E-state index contributed by atoms with van der Waals surface area (Å²) >= 11 is 9.46. The fourth-order valence-corrected chi connectivity index (χ4v) is 3.44. The van der Waals surface area contributed by atoms with Crippen molar-refractivity contribution in [3.8, 4) is 5.75 Å². The monoisotopic (exact) mass is 392 g/mol. The van der Waals surface area contributed by atoms with Gasteiger partial charge in [-0.1, -0.05) is 27.5 Å². The lowest BCUT2D eigenvalue weighted by molar-refractivity contribution is -0.915. The second kappa shape index (κ2) is 9.08. The molecule has 0 bridgehead atoms. The maximum atomic E-state index is 6.09. The predicted octanol–water partition coefficient (Wildman–Crippen LogP) is 2.19. The van der Waals surface area contributed by atoms with Gasteiger partial charge in [0.25, 0.3) is 0 Å². The Morgan fingerprint density at radius 2 is 1.95 bits per heavy atom. The van der Waals surface area contributed by atoms with E-state index in [-0.39, 0.29) is 0 Å². The highest BCUT2D eigenvalue weighted by atomic mass is 79.9. The molecule has 6 heteroatoms. The van der Waals surface area contributed by atoms with Gasteiger partial charge in [0.1, 0.15) is 44.2 Å². The Kier molecular flexibility index (Phi) is 7.44. The molecule has 0 unspecified atom stereocenters. The van der Waals surface area contributed by atoms with Crippen LogP contribution >= 0.6 is 27.5 Å². The summed E-state index contributed by atoms with van der Waals surface area (Å²) in [7, 11) is 0. The van der Waals surface area contributed by atoms with Gasteiger partial charge in [-0.25, -0.2) is 0 Å². The van der Waals surface area contributed by atoms with Gasteiger partial charge in [-0.2, -0.15) is 0 Å². The molecule has 1 heterocycles. The highest BCUT2D eigenvalue weighted by Crippen LogP contribution is 2.27. The average molecular weight is 394 g/mol. The van der Waals surface area contributed by atoms with Crippen molar-refractivity contribution < 1.29 is 19.1 Å². The molecule has 4 nitrogen and oxygen atoms in total. The first kappa shape index (κ1) is 18.0. The molecule has 0 radical (unpaired) electrons. The zero-order valence-electron chi connectivity index (χ0n) is 13.1. The van der Waals surface area contributed by atoms with Gasteiger partial charge in [0.05, 0.1) is 18.2 Å². The average Bonchev–Trinajstić information content (AvgIpc) is 2.43. The molecule has 0 aliphatic carbocycles. The van der Waals surface area contributed by atoms with E-state index in [9.17, 15) is 0 Å². The van der Waals surface area contributed by atoms with E-state index in [4.69, 9.17) is 25.8 Å². The first-order valence-electron chi connectivity index (χ1n) is 7.69. The number of quaternary nitrogens is 1. The van der Waals surface area contributed by atoms with Crippen molar-refractivity contribution in [2.45, 2.75) is 26.1 Å². The SMILES string of the molecule is C[C@H]1C[NH+](CCOCCOc2ccc(Br)cc2Cl)C[C@H](C)O1. The topological polar surface area (TPSA) is 32.1 Å². The summed E-state index contributed by atoms with van der Waals surface area (Å²) in [6, 6.07) is 5.58. The van der Waals surface area contributed by atoms with E-state index in [1.165, 1.54) is 0 Å². The minimum atomic E-state index is 0.335. The molecule has 0 amide bonds. The van der Waals surface area contributed by atoms with Crippen LogP contribution in [0.1, 0.15) is 13.8 Å². The number of halogens is 2. The van der Waals surface area contributed by atoms with E-state index in [1.807, 2.05) is 18.2 Å². The van der Waals surface area contributed by atoms with Crippen LogP contribution in [0.3, 0.4) is 0 Å². The summed E-state index contributed by atoms with van der Waals surface area (Å²) < 4.78 is 17.9. The van der Waals surface area contributed by atoms with E-state index in [0.717, 1.165) is 30.7 Å². The molecule has 1 aliphatic rings. The van der Waals surface area contributed by atoms with Crippen molar-refractivity contribution in [1.82, 2.24) is 0 Å². The Morgan fingerprint density at radius 1 is 1.23 bits per heavy atom. The molecule has 0 spiro atoms. The largest absolute Gasteiger partial charge is 0.490 e. The number of nitrogens with one attached hydrogen (secondary N) is 1. The third kappa shape index (κ3) is 6.05. The highest BCUT2D eigenvalue weighted by Gasteiger charge is 2.24. The standard InChI is InChI=1S/C16H23BrClNO3/c1-12-10-19(11-13(2)22-12)5-6-20-7-8-21-16-4-3-14(17)9-15(16)18/h3-4,9,12-13H,5-8,10-11H2,1-2H3/p+1/t12-,13-/m0/s1. The summed E-state index contributed by atoms with van der Waals surface area (Å²) in [5.74, 6) is 0.690. The van der Waals surface area contributed by atoms with Crippen molar-refractivity contribution >= 4 is 27.5 Å². The van der Waals surface area contributed by atoms with Crippen molar-refractivity contribution in [2.75, 3.05) is 39.5 Å². The van der Waals surface area contributed by atoms with Gasteiger partial charge in [-0.3, -0.25) is 0 Å². The zero-order valence-corrected chi connectivity index (χ0v) is 15.5. The quantitative estimate of drug-likeness (QED) is 0.721. The van der Waals surface area contributed by atoms with Gasteiger partial charge in [0, 0.05) is 4.47 Å². The number of hydrogen-bond donors (Lipinski definition) is 1. The van der Waals surface area contributed by atoms with Gasteiger partial charge in [0.15, 0.2) is 0 Å². The number of morpholine rings is 1. The molecule has 1 N–H and O–H groups in total. The van der Waals surface area contributed by atoms with E-state index in [0.29, 0.717) is 36.2 Å². The van der Waals surface area contributed by atoms with Crippen LogP contribution in [0.4, 0.5) is 0 Å². The molecular weight excluding hydrogens is 370 g/mol. The summed E-state index contributed by atoms with van der Waals surface area (Å²) in [5.41, 5.74) is 0. The molecule has 2 rings (SSSR count). The number of ether oxygens (including phenoxy) is 3. The molecule has 1 fully saturated rings. The first-order chi connectivity index (χ1) is 10.5. The molecule has 1 aromatic rings. The number of hydrogen-bond acceptors (Lipinski definition) is 3. The molecule has 124 valence electrons. The van der Waals surface area contributed by atoms with Crippen LogP contribution in [-0.2, 0) is 9.47 Å². The maximum Gasteiger partial charge on any atom is 0.138 e. The molecular formula is C16H24BrClNO3+. The maximum absolute atomic E-state index is 6.09. The smallest absolute Gasteiger partial charge is 0.138 e. The molecule has 1 saturated heterocycles. The second-order valence-electron chi connectivity index (χ2n) is 5.70. The van der Waals surface area contributed by atoms with Crippen molar-refractivity contribution in [3.05, 3.63) is 27.7 Å². The zero-order chi connectivity index (χ0) is 15.9. The molecule has 1 aliphatic heterocycles. The van der Waals surface area contributed by atoms with Crippen molar-refractivity contribution in [3.63, 3.8) is 0 Å². The van der Waals surface area contributed by atoms with E-state index in [2.05, 4.69) is 29.8 Å². The van der Waals surface area contributed by atoms with Crippen LogP contribution < -0.4 is 9.64 Å². The highest BCUT2D eigenvalue weighted by molar-refractivity contribution is 9.10. The van der Waals surface area contributed by atoms with E-state index in [1.54, 1.807) is 4.90 Å². The number of rotatable bonds is 7. The lowest BCUT2D eigenvalue weighted by Gasteiger charge is -2.32. The summed E-state index contributed by atoms with van der Waals surface area (Å²) in [6.45, 7) is 9.20. The summed E-state index contributed by atoms with van der Waals surface area (Å²) in [5, 5.41) is 0.607. The lowest BCUT2D eigenvalue weighted by Crippen LogP contribution is -3.15. The van der Waals surface area contributed by atoms with Gasteiger partial charge in [-0.15, -0.1) is 0 Å². The van der Waals surface area contributed by atoms with Gasteiger partial charge >= 0.3 is 0 Å². The fourth-order valence-electron chi connectivity index (χ4n) is 2.71. The Bertz CT molecular complexity index is 465. The lowest BCUT2D eigenvalue weighted by atomic mass is 10.2. The van der Waals surface area contributed by atoms with Crippen LogP contribution in [0.15, 0.2) is 22.7 Å². The van der Waals surface area contributed by atoms with Crippen LogP contribution in [0.25, 0.3) is 0 Å². The number of benzene rings is 1. The second-order valence-corrected chi connectivity index (χ2v) is 7.02. The van der Waals surface area contributed by atoms with Gasteiger partial charge in [-0.05, 0) is 32.0 Å². The third-order valence-corrected chi connectivity index (χ3v) is 4.38. The Hall–Kier alpha value is -0.330. The van der Waals surface area contributed by atoms with E-state index < -0.39 is 0 Å². The van der Waals surface area contributed by atoms with Gasteiger partial charge in [0.2, 0.25) is 0 Å². The summed E-state index contributed by atoms with van der Waals surface area (Å²) in [6.07, 6.45) is 0.670. The van der Waals surface area contributed by atoms with Crippen LogP contribution in [0.2, 0.25) is 5.02 Å². The molecule has 22 heavy (non-hydrogen) atoms. The fraction of sp³-hybridized carbons (Fsp3) is 0.625. The van der Waals surface area contributed by atoms with Gasteiger partial charge < -0.3 is 19.1 Å². The minimum absolute atomic E-state index is 0.335. The Labute approximate surface area is 145 Å². The van der Waals surface area contributed by atoms with Crippen LogP contribution in [0, 0.1) is 0 Å². The normalized spacial score (nSPS) is 25.2. The minimum Gasteiger partial charge on any atom is -0.490 e. The summed E-state index contributed by atoms with van der Waals surface area (Å²) in [4.78, 5) is 1.54.